The number of nitrogens with one attached hydrogen (secondary N) is 1. The highest BCUT2D eigenvalue weighted by molar-refractivity contribution is 6.30. The number of benzene rings is 2. The molecular weight excluding hydrogens is 350 g/mol. The smallest absolute Gasteiger partial charge is 0.192 e. The van der Waals surface area contributed by atoms with Gasteiger partial charge in [-0.3, -0.25) is 0 Å². The third kappa shape index (κ3) is 3.60. The average Bonchev–Trinajstić information content (AvgIpc) is 3.02. The molecule has 1 N–H and O–H groups in total. The van der Waals surface area contributed by atoms with Gasteiger partial charge in [-0.25, -0.2) is 0 Å². The molecule has 0 saturated carbocycles. The van der Waals surface area contributed by atoms with Crippen LogP contribution in [-0.4, -0.2) is 19.8 Å². The lowest BCUT2D eigenvalue weighted by molar-refractivity contribution is 0.292. The molecule has 7 heteroatoms. The van der Waals surface area contributed by atoms with Crippen LogP contribution in [0.2, 0.25) is 5.02 Å². The van der Waals surface area contributed by atoms with Gasteiger partial charge < -0.3 is 10.1 Å². The van der Waals surface area contributed by atoms with Gasteiger partial charge in [0, 0.05) is 10.7 Å². The summed E-state index contributed by atoms with van der Waals surface area (Å²) >= 11 is 6.02. The quantitative estimate of drug-likeness (QED) is 0.567. The van der Waals surface area contributed by atoms with E-state index < -0.39 is 0 Å². The summed E-state index contributed by atoms with van der Waals surface area (Å²) < 4.78 is 7.48. The minimum Gasteiger partial charge on any atom is -0.486 e. The van der Waals surface area contributed by atoms with Gasteiger partial charge in [0.1, 0.15) is 12.4 Å². The maximum absolute atomic E-state index is 6.02. The van der Waals surface area contributed by atoms with Crippen LogP contribution >= 0.6 is 11.6 Å². The highest BCUT2D eigenvalue weighted by Crippen LogP contribution is 2.19. The van der Waals surface area contributed by atoms with Crippen LogP contribution < -0.4 is 10.1 Å². The van der Waals surface area contributed by atoms with Crippen LogP contribution in [0.3, 0.4) is 0 Å². The molecular formula is C19H16ClN5O. The van der Waals surface area contributed by atoms with Gasteiger partial charge in [0.15, 0.2) is 17.3 Å². The van der Waals surface area contributed by atoms with Crippen molar-refractivity contribution in [3.05, 3.63) is 77.1 Å². The van der Waals surface area contributed by atoms with E-state index in [1.807, 2.05) is 67.6 Å². The molecule has 0 aliphatic heterocycles. The Kier molecular flexibility index (Phi) is 4.41. The Labute approximate surface area is 155 Å². The van der Waals surface area contributed by atoms with Crippen molar-refractivity contribution in [1.82, 2.24) is 19.8 Å². The first-order valence-electron chi connectivity index (χ1n) is 8.11. The summed E-state index contributed by atoms with van der Waals surface area (Å²) in [5, 5.41) is 16.7. The van der Waals surface area contributed by atoms with E-state index in [1.165, 1.54) is 0 Å². The fourth-order valence-corrected chi connectivity index (χ4v) is 2.75. The number of hydrogen-bond acceptors (Lipinski definition) is 5. The zero-order chi connectivity index (χ0) is 17.9. The molecule has 2 heterocycles. The van der Waals surface area contributed by atoms with Gasteiger partial charge in [-0.05, 0) is 55.0 Å². The molecule has 0 atom stereocenters. The van der Waals surface area contributed by atoms with Gasteiger partial charge >= 0.3 is 0 Å². The van der Waals surface area contributed by atoms with Gasteiger partial charge in [0.25, 0.3) is 0 Å². The predicted octanol–water partition coefficient (Wildman–Crippen LogP) is 4.41. The highest BCUT2D eigenvalue weighted by Gasteiger charge is 2.09. The summed E-state index contributed by atoms with van der Waals surface area (Å²) in [6.07, 6.45) is 0. The van der Waals surface area contributed by atoms with Crippen LogP contribution in [0.1, 0.15) is 11.4 Å². The number of nitrogens with zero attached hydrogens (tertiary/aromatic N) is 4. The molecule has 4 aromatic rings. The first kappa shape index (κ1) is 16.4. The van der Waals surface area contributed by atoms with Crippen molar-refractivity contribution in [3.8, 4) is 5.75 Å². The van der Waals surface area contributed by atoms with Crippen LogP contribution in [0.25, 0.3) is 5.65 Å². The van der Waals surface area contributed by atoms with Gasteiger partial charge in [0.05, 0.1) is 0 Å². The standard InChI is InChI=1S/C19H16ClN5O/c1-13-4-2-7-16(10-13)26-12-19-23-22-18-9-8-17(24-25(18)19)21-15-6-3-5-14(20)11-15/h2-11H,12H2,1H3,(H,21,24). The van der Waals surface area contributed by atoms with Crippen molar-refractivity contribution >= 4 is 28.8 Å². The van der Waals surface area contributed by atoms with Gasteiger partial charge in [0.2, 0.25) is 0 Å². The lowest BCUT2D eigenvalue weighted by Gasteiger charge is -2.08. The predicted molar refractivity (Wildman–Crippen MR) is 101 cm³/mol. The number of rotatable bonds is 5. The molecule has 26 heavy (non-hydrogen) atoms. The fourth-order valence-electron chi connectivity index (χ4n) is 2.56. The first-order chi connectivity index (χ1) is 12.7. The number of ether oxygens (including phenoxy) is 1. The molecule has 0 amide bonds. The lowest BCUT2D eigenvalue weighted by Crippen LogP contribution is -2.05. The number of aromatic nitrogens is 4. The summed E-state index contributed by atoms with van der Waals surface area (Å²) in [6.45, 7) is 2.30. The van der Waals surface area contributed by atoms with Gasteiger partial charge in [-0.15, -0.1) is 15.3 Å². The van der Waals surface area contributed by atoms with Crippen LogP contribution in [-0.2, 0) is 6.61 Å². The lowest BCUT2D eigenvalue weighted by atomic mass is 10.2. The summed E-state index contributed by atoms with van der Waals surface area (Å²) in [5.74, 6) is 2.07. The molecule has 0 bridgehead atoms. The Balaban J connectivity index is 1.56. The monoisotopic (exact) mass is 365 g/mol. The largest absolute Gasteiger partial charge is 0.486 e. The summed E-state index contributed by atoms with van der Waals surface area (Å²) in [7, 11) is 0. The topological polar surface area (TPSA) is 64.3 Å². The average molecular weight is 366 g/mol. The highest BCUT2D eigenvalue weighted by atomic mass is 35.5. The van der Waals surface area contributed by atoms with Crippen molar-refractivity contribution < 1.29 is 4.74 Å². The van der Waals surface area contributed by atoms with E-state index in [0.29, 0.717) is 22.3 Å². The summed E-state index contributed by atoms with van der Waals surface area (Å²) in [5.41, 5.74) is 2.65. The second-order valence-electron chi connectivity index (χ2n) is 5.85. The van der Waals surface area contributed by atoms with E-state index in [-0.39, 0.29) is 6.61 Å². The maximum Gasteiger partial charge on any atom is 0.192 e. The summed E-state index contributed by atoms with van der Waals surface area (Å²) in [4.78, 5) is 0. The Hall–Kier alpha value is -3.12. The minimum atomic E-state index is 0.276. The molecule has 0 radical (unpaired) electrons. The second kappa shape index (κ2) is 7.01. The number of hydrogen-bond donors (Lipinski definition) is 1. The Morgan fingerprint density at radius 3 is 2.77 bits per heavy atom. The number of aryl methyl sites for hydroxylation is 1. The van der Waals surface area contributed by atoms with E-state index in [4.69, 9.17) is 16.3 Å². The molecule has 6 nitrogen and oxygen atoms in total. The van der Waals surface area contributed by atoms with E-state index >= 15 is 0 Å². The van der Waals surface area contributed by atoms with Crippen LogP contribution in [0.4, 0.5) is 11.5 Å². The zero-order valence-corrected chi connectivity index (χ0v) is 14.8. The molecule has 0 aliphatic rings. The third-order valence-electron chi connectivity index (χ3n) is 3.78. The van der Waals surface area contributed by atoms with E-state index in [0.717, 1.165) is 17.0 Å². The normalized spacial score (nSPS) is 10.8. The number of halogens is 1. The van der Waals surface area contributed by atoms with Crippen molar-refractivity contribution in [2.75, 3.05) is 5.32 Å². The Morgan fingerprint density at radius 1 is 1.04 bits per heavy atom. The Morgan fingerprint density at radius 2 is 1.92 bits per heavy atom. The molecule has 0 fully saturated rings. The summed E-state index contributed by atoms with van der Waals surface area (Å²) in [6, 6.07) is 19.0. The Bertz CT molecular complexity index is 1060. The van der Waals surface area contributed by atoms with Crippen molar-refractivity contribution in [1.29, 1.82) is 0 Å². The zero-order valence-electron chi connectivity index (χ0n) is 14.1. The SMILES string of the molecule is Cc1cccc(OCc2nnc3ccc(Nc4cccc(Cl)c4)nn23)c1. The van der Waals surface area contributed by atoms with Crippen molar-refractivity contribution in [3.63, 3.8) is 0 Å². The number of anilines is 2. The maximum atomic E-state index is 6.02. The molecule has 2 aromatic carbocycles. The van der Waals surface area contributed by atoms with Gasteiger partial charge in [-0.2, -0.15) is 4.52 Å². The molecule has 0 aliphatic carbocycles. The molecule has 2 aromatic heterocycles. The van der Waals surface area contributed by atoms with Crippen LogP contribution in [0.5, 0.6) is 5.75 Å². The minimum absolute atomic E-state index is 0.276. The third-order valence-corrected chi connectivity index (χ3v) is 4.02. The molecule has 0 spiro atoms. The van der Waals surface area contributed by atoms with Crippen LogP contribution in [0.15, 0.2) is 60.7 Å². The second-order valence-corrected chi connectivity index (χ2v) is 6.28. The van der Waals surface area contributed by atoms with Crippen molar-refractivity contribution in [2.24, 2.45) is 0 Å². The van der Waals surface area contributed by atoms with E-state index in [2.05, 4.69) is 20.6 Å². The van der Waals surface area contributed by atoms with E-state index in [1.54, 1.807) is 4.52 Å². The molecule has 0 unspecified atom stereocenters. The number of fused-ring (bicyclic) bond motifs is 1. The van der Waals surface area contributed by atoms with Crippen molar-refractivity contribution in [2.45, 2.75) is 13.5 Å². The van der Waals surface area contributed by atoms with Gasteiger partial charge in [-0.1, -0.05) is 29.8 Å². The van der Waals surface area contributed by atoms with E-state index in [9.17, 15) is 0 Å². The van der Waals surface area contributed by atoms with Crippen LogP contribution in [0, 0.1) is 6.92 Å². The molecule has 130 valence electrons. The molecule has 4 rings (SSSR count). The fraction of sp³-hybridized carbons (Fsp3) is 0.105. The molecule has 0 saturated heterocycles. The first-order valence-corrected chi connectivity index (χ1v) is 8.48.